The zero-order valence-corrected chi connectivity index (χ0v) is 26.5. The second-order valence-corrected chi connectivity index (χ2v) is 12.9. The summed E-state index contributed by atoms with van der Waals surface area (Å²) in [5, 5.41) is 9.55. The predicted octanol–water partition coefficient (Wildman–Crippen LogP) is 12.6. The topological polar surface area (TPSA) is 23.0 Å². The number of aromatic nitrogens is 2. The third kappa shape index (κ3) is 3.73. The van der Waals surface area contributed by atoms with E-state index in [0.717, 1.165) is 55.4 Å². The summed E-state index contributed by atoms with van der Waals surface area (Å²) in [6, 6.07) is 61.2. The van der Waals surface area contributed by atoms with Gasteiger partial charge in [-0.25, -0.2) is 0 Å². The number of benzene rings is 8. The van der Waals surface area contributed by atoms with Crippen LogP contribution >= 0.6 is 0 Å². The minimum absolute atomic E-state index is 0.903. The zero-order valence-electron chi connectivity index (χ0n) is 26.5. The monoisotopic (exact) mass is 624 g/mol. The Labute approximate surface area is 281 Å². The molecule has 11 aromatic rings. The normalized spacial score (nSPS) is 12.1. The van der Waals surface area contributed by atoms with E-state index >= 15 is 0 Å². The van der Waals surface area contributed by atoms with Gasteiger partial charge in [-0.1, -0.05) is 115 Å². The standard InChI is InChI=1S/C46H28N2O/c1-2-13-33(14-3-1)47-42-20-9-7-17-39(42)45-44(47)40-26-25-38-37-16-6-8-19-41(37)48(43(38)46(40)49-45)34-24-23-30-27-32(22-21-31(30)28-34)36-18-10-12-29-11-4-5-15-35(29)36/h1-28H. The van der Waals surface area contributed by atoms with Crippen LogP contribution in [0.2, 0.25) is 0 Å². The van der Waals surface area contributed by atoms with E-state index in [9.17, 15) is 0 Å². The molecule has 8 aromatic carbocycles. The average Bonchev–Trinajstić information content (AvgIpc) is 3.82. The Morgan fingerprint density at radius 3 is 1.84 bits per heavy atom. The molecule has 0 saturated heterocycles. The fourth-order valence-electron chi connectivity index (χ4n) is 8.11. The van der Waals surface area contributed by atoms with Crippen LogP contribution in [0.3, 0.4) is 0 Å². The van der Waals surface area contributed by atoms with E-state index in [1.165, 1.54) is 43.4 Å². The molecule has 0 spiro atoms. The van der Waals surface area contributed by atoms with Gasteiger partial charge >= 0.3 is 0 Å². The summed E-state index contributed by atoms with van der Waals surface area (Å²) >= 11 is 0. The first-order valence-corrected chi connectivity index (χ1v) is 16.8. The van der Waals surface area contributed by atoms with E-state index in [1.807, 2.05) is 0 Å². The summed E-state index contributed by atoms with van der Waals surface area (Å²) in [7, 11) is 0. The summed E-state index contributed by atoms with van der Waals surface area (Å²) in [4.78, 5) is 0. The molecular formula is C46H28N2O. The smallest absolute Gasteiger partial charge is 0.161 e. The summed E-state index contributed by atoms with van der Waals surface area (Å²) in [6.45, 7) is 0. The Bertz CT molecular complexity index is 3100. The highest BCUT2D eigenvalue weighted by molar-refractivity contribution is 6.24. The van der Waals surface area contributed by atoms with Gasteiger partial charge in [0, 0.05) is 32.9 Å². The second kappa shape index (κ2) is 9.96. The van der Waals surface area contributed by atoms with Crippen molar-refractivity contribution in [2.45, 2.75) is 0 Å². The Kier molecular flexibility index (Phi) is 5.38. The van der Waals surface area contributed by atoms with Crippen molar-refractivity contribution >= 4 is 76.3 Å². The van der Waals surface area contributed by atoms with E-state index in [2.05, 4.69) is 179 Å². The summed E-state index contributed by atoms with van der Waals surface area (Å²) in [5.41, 5.74) is 11.0. The van der Waals surface area contributed by atoms with E-state index in [4.69, 9.17) is 4.42 Å². The fraction of sp³-hybridized carbons (Fsp3) is 0. The molecule has 0 aliphatic carbocycles. The highest BCUT2D eigenvalue weighted by Gasteiger charge is 2.23. The molecule has 3 aromatic heterocycles. The molecule has 3 heterocycles. The summed E-state index contributed by atoms with van der Waals surface area (Å²) in [6.07, 6.45) is 0. The Morgan fingerprint density at radius 2 is 0.959 bits per heavy atom. The molecule has 11 rings (SSSR count). The van der Waals surface area contributed by atoms with Crippen LogP contribution in [0.15, 0.2) is 174 Å². The molecule has 0 radical (unpaired) electrons. The lowest BCUT2D eigenvalue weighted by Gasteiger charge is -2.12. The van der Waals surface area contributed by atoms with Crippen LogP contribution < -0.4 is 0 Å². The van der Waals surface area contributed by atoms with Gasteiger partial charge in [-0.05, 0) is 87.3 Å². The van der Waals surface area contributed by atoms with Gasteiger partial charge in [-0.2, -0.15) is 0 Å². The van der Waals surface area contributed by atoms with Crippen LogP contribution in [0.25, 0.3) is 98.8 Å². The largest absolute Gasteiger partial charge is 0.451 e. The van der Waals surface area contributed by atoms with Gasteiger partial charge in [0.25, 0.3) is 0 Å². The fourth-order valence-corrected chi connectivity index (χ4v) is 8.11. The van der Waals surface area contributed by atoms with Crippen LogP contribution in [0, 0.1) is 0 Å². The number of hydrogen-bond acceptors (Lipinski definition) is 1. The molecule has 0 fully saturated rings. The second-order valence-electron chi connectivity index (χ2n) is 12.9. The van der Waals surface area contributed by atoms with Gasteiger partial charge in [-0.3, -0.25) is 0 Å². The van der Waals surface area contributed by atoms with Crippen molar-refractivity contribution < 1.29 is 4.42 Å². The van der Waals surface area contributed by atoms with Crippen molar-refractivity contribution in [3.05, 3.63) is 170 Å². The maximum Gasteiger partial charge on any atom is 0.161 e. The predicted molar refractivity (Wildman–Crippen MR) is 205 cm³/mol. The van der Waals surface area contributed by atoms with Crippen LogP contribution in [0.4, 0.5) is 0 Å². The number of hydrogen-bond donors (Lipinski definition) is 0. The minimum Gasteiger partial charge on any atom is -0.451 e. The quantitative estimate of drug-likeness (QED) is 0.192. The van der Waals surface area contributed by atoms with Crippen LogP contribution in [-0.2, 0) is 0 Å². The van der Waals surface area contributed by atoms with Crippen LogP contribution in [-0.4, -0.2) is 9.13 Å². The van der Waals surface area contributed by atoms with Crippen molar-refractivity contribution in [2.75, 3.05) is 0 Å². The number of rotatable bonds is 3. The average molecular weight is 625 g/mol. The molecule has 0 aliphatic rings. The lowest BCUT2D eigenvalue weighted by molar-refractivity contribution is 0.675. The first-order valence-electron chi connectivity index (χ1n) is 16.8. The van der Waals surface area contributed by atoms with Crippen molar-refractivity contribution in [1.29, 1.82) is 0 Å². The molecule has 0 N–H and O–H groups in total. The summed E-state index contributed by atoms with van der Waals surface area (Å²) < 4.78 is 11.8. The molecule has 0 amide bonds. The van der Waals surface area contributed by atoms with E-state index < -0.39 is 0 Å². The lowest BCUT2D eigenvalue weighted by Crippen LogP contribution is -1.95. The third-order valence-corrected chi connectivity index (χ3v) is 10.3. The van der Waals surface area contributed by atoms with Crippen molar-refractivity contribution in [2.24, 2.45) is 0 Å². The molecule has 3 nitrogen and oxygen atoms in total. The third-order valence-electron chi connectivity index (χ3n) is 10.3. The van der Waals surface area contributed by atoms with Crippen molar-refractivity contribution in [1.82, 2.24) is 9.13 Å². The maximum absolute atomic E-state index is 7.02. The van der Waals surface area contributed by atoms with Gasteiger partial charge in [0.1, 0.15) is 5.52 Å². The highest BCUT2D eigenvalue weighted by Crippen LogP contribution is 2.44. The van der Waals surface area contributed by atoms with Crippen molar-refractivity contribution in [3.63, 3.8) is 0 Å². The van der Waals surface area contributed by atoms with Crippen LogP contribution in [0.1, 0.15) is 0 Å². The number of fused-ring (bicyclic) bond motifs is 11. The lowest BCUT2D eigenvalue weighted by atomic mass is 9.96. The van der Waals surface area contributed by atoms with E-state index in [1.54, 1.807) is 0 Å². The molecule has 0 atom stereocenters. The van der Waals surface area contributed by atoms with Crippen molar-refractivity contribution in [3.8, 4) is 22.5 Å². The van der Waals surface area contributed by atoms with Gasteiger partial charge in [0.15, 0.2) is 11.2 Å². The number of nitrogens with zero attached hydrogens (tertiary/aromatic N) is 2. The van der Waals surface area contributed by atoms with Gasteiger partial charge in [0.2, 0.25) is 0 Å². The maximum atomic E-state index is 7.02. The number of para-hydroxylation sites is 3. The van der Waals surface area contributed by atoms with Gasteiger partial charge in [0.05, 0.1) is 16.6 Å². The zero-order chi connectivity index (χ0) is 32.1. The Balaban J connectivity index is 1.18. The molecule has 0 bridgehead atoms. The van der Waals surface area contributed by atoms with Crippen LogP contribution in [0.5, 0.6) is 0 Å². The first-order chi connectivity index (χ1) is 24.3. The molecule has 49 heavy (non-hydrogen) atoms. The minimum atomic E-state index is 0.903. The van der Waals surface area contributed by atoms with Gasteiger partial charge in [-0.15, -0.1) is 0 Å². The Hall–Kier alpha value is -6.58. The SMILES string of the molecule is c1ccc(-n2c3ccccc3c3oc4c(ccc5c6ccccc6n(-c6ccc7cc(-c8cccc9ccccc89)ccc7c6)c54)c32)cc1. The Morgan fingerprint density at radius 1 is 0.347 bits per heavy atom. The first kappa shape index (κ1) is 26.5. The molecular weight excluding hydrogens is 597 g/mol. The van der Waals surface area contributed by atoms with E-state index in [-0.39, 0.29) is 0 Å². The summed E-state index contributed by atoms with van der Waals surface area (Å²) in [5.74, 6) is 0. The molecule has 0 aliphatic heterocycles. The molecule has 0 unspecified atom stereocenters. The molecule has 0 saturated carbocycles. The van der Waals surface area contributed by atoms with E-state index in [0.29, 0.717) is 0 Å². The van der Waals surface area contributed by atoms with Gasteiger partial charge < -0.3 is 13.6 Å². The number of furan rings is 1. The molecule has 228 valence electrons. The highest BCUT2D eigenvalue weighted by atomic mass is 16.3. The molecule has 3 heteroatoms.